The van der Waals surface area contributed by atoms with Gasteiger partial charge in [0.25, 0.3) is 5.91 Å². The van der Waals surface area contributed by atoms with Gasteiger partial charge >= 0.3 is 5.97 Å². The fourth-order valence-corrected chi connectivity index (χ4v) is 2.11. The zero-order valence-corrected chi connectivity index (χ0v) is 14.3. The van der Waals surface area contributed by atoms with E-state index in [0.717, 1.165) is 0 Å². The SMILES string of the molecule is CC(=O)c1cccc(NC(=O)C(C)OC(=O)c2ccc(C(N)=O)cc2)c1. The van der Waals surface area contributed by atoms with Gasteiger partial charge in [0, 0.05) is 16.8 Å². The van der Waals surface area contributed by atoms with E-state index in [9.17, 15) is 19.2 Å². The Morgan fingerprint density at radius 1 is 0.962 bits per heavy atom. The summed E-state index contributed by atoms with van der Waals surface area (Å²) >= 11 is 0. The van der Waals surface area contributed by atoms with Crippen LogP contribution < -0.4 is 11.1 Å². The number of Topliss-reactive ketones (excluding diaryl/α,β-unsaturated/α-hetero) is 1. The van der Waals surface area contributed by atoms with E-state index < -0.39 is 23.9 Å². The molecule has 2 aromatic carbocycles. The van der Waals surface area contributed by atoms with Crippen molar-refractivity contribution in [1.82, 2.24) is 0 Å². The molecule has 2 rings (SSSR count). The fourth-order valence-electron chi connectivity index (χ4n) is 2.11. The smallest absolute Gasteiger partial charge is 0.338 e. The second-order valence-corrected chi connectivity index (χ2v) is 5.62. The number of primary amides is 1. The van der Waals surface area contributed by atoms with Crippen LogP contribution in [0, 0.1) is 0 Å². The third kappa shape index (κ3) is 4.76. The van der Waals surface area contributed by atoms with Gasteiger partial charge in [-0.15, -0.1) is 0 Å². The van der Waals surface area contributed by atoms with Crippen molar-refractivity contribution in [2.75, 3.05) is 5.32 Å². The number of ether oxygens (including phenoxy) is 1. The zero-order chi connectivity index (χ0) is 19.3. The Kier molecular flexibility index (Phi) is 5.85. The van der Waals surface area contributed by atoms with Crippen molar-refractivity contribution < 1.29 is 23.9 Å². The molecule has 0 heterocycles. The first-order valence-electron chi connectivity index (χ1n) is 7.80. The highest BCUT2D eigenvalue weighted by Crippen LogP contribution is 2.13. The zero-order valence-electron chi connectivity index (χ0n) is 14.3. The van der Waals surface area contributed by atoms with Crippen molar-refractivity contribution in [2.45, 2.75) is 20.0 Å². The summed E-state index contributed by atoms with van der Waals surface area (Å²) in [6.07, 6.45) is -1.06. The largest absolute Gasteiger partial charge is 0.449 e. The number of nitrogens with one attached hydrogen (secondary N) is 1. The van der Waals surface area contributed by atoms with E-state index in [2.05, 4.69) is 5.32 Å². The first-order chi connectivity index (χ1) is 12.3. The maximum atomic E-state index is 12.2. The molecule has 26 heavy (non-hydrogen) atoms. The topological polar surface area (TPSA) is 116 Å². The van der Waals surface area contributed by atoms with Crippen LogP contribution in [0.25, 0.3) is 0 Å². The van der Waals surface area contributed by atoms with Gasteiger partial charge in [0.2, 0.25) is 5.91 Å². The second-order valence-electron chi connectivity index (χ2n) is 5.62. The van der Waals surface area contributed by atoms with Gasteiger partial charge in [-0.05, 0) is 50.2 Å². The predicted octanol–water partition coefficient (Wildman–Crippen LogP) is 2.17. The summed E-state index contributed by atoms with van der Waals surface area (Å²) in [5.41, 5.74) is 6.47. The highest BCUT2D eigenvalue weighted by molar-refractivity contribution is 6.00. The van der Waals surface area contributed by atoms with E-state index >= 15 is 0 Å². The average molecular weight is 354 g/mol. The van der Waals surface area contributed by atoms with Gasteiger partial charge in [-0.2, -0.15) is 0 Å². The lowest BCUT2D eigenvalue weighted by molar-refractivity contribution is -0.123. The van der Waals surface area contributed by atoms with Crippen LogP contribution in [0.2, 0.25) is 0 Å². The Balaban J connectivity index is 1.99. The molecular weight excluding hydrogens is 336 g/mol. The maximum absolute atomic E-state index is 12.2. The number of ketones is 1. The first kappa shape index (κ1) is 18.9. The summed E-state index contributed by atoms with van der Waals surface area (Å²) in [6, 6.07) is 12.0. The third-order valence-electron chi connectivity index (χ3n) is 3.59. The molecule has 0 aliphatic rings. The number of hydrogen-bond donors (Lipinski definition) is 2. The van der Waals surface area contributed by atoms with Gasteiger partial charge in [-0.1, -0.05) is 12.1 Å². The number of nitrogens with two attached hydrogens (primary N) is 1. The Bertz CT molecular complexity index is 858. The number of anilines is 1. The van der Waals surface area contributed by atoms with Gasteiger partial charge in [0.1, 0.15) is 0 Å². The maximum Gasteiger partial charge on any atom is 0.338 e. The first-order valence-corrected chi connectivity index (χ1v) is 7.80. The molecule has 0 saturated heterocycles. The minimum Gasteiger partial charge on any atom is -0.449 e. The molecule has 0 bridgehead atoms. The van der Waals surface area contributed by atoms with E-state index in [1.54, 1.807) is 18.2 Å². The number of esters is 1. The quantitative estimate of drug-likeness (QED) is 0.609. The molecule has 0 radical (unpaired) electrons. The Labute approximate surface area is 150 Å². The fraction of sp³-hybridized carbons (Fsp3) is 0.158. The van der Waals surface area contributed by atoms with Crippen LogP contribution in [0.1, 0.15) is 44.9 Å². The van der Waals surface area contributed by atoms with Crippen LogP contribution in [-0.4, -0.2) is 29.7 Å². The van der Waals surface area contributed by atoms with Crippen molar-refractivity contribution in [3.8, 4) is 0 Å². The number of benzene rings is 2. The minimum absolute atomic E-state index is 0.125. The van der Waals surface area contributed by atoms with Crippen molar-refractivity contribution >= 4 is 29.3 Å². The van der Waals surface area contributed by atoms with Crippen molar-refractivity contribution in [3.05, 3.63) is 65.2 Å². The minimum atomic E-state index is -1.06. The molecule has 2 amide bonds. The summed E-state index contributed by atoms with van der Waals surface area (Å²) in [5.74, 6) is -1.97. The van der Waals surface area contributed by atoms with E-state index in [4.69, 9.17) is 10.5 Å². The number of carbonyl (C=O) groups excluding carboxylic acids is 4. The molecule has 1 atom stereocenters. The monoisotopic (exact) mass is 354 g/mol. The van der Waals surface area contributed by atoms with E-state index in [1.165, 1.54) is 44.2 Å². The summed E-state index contributed by atoms with van der Waals surface area (Å²) in [5, 5.41) is 2.59. The summed E-state index contributed by atoms with van der Waals surface area (Å²) in [6.45, 7) is 2.86. The van der Waals surface area contributed by atoms with Gasteiger partial charge in [-0.25, -0.2) is 4.79 Å². The lowest BCUT2D eigenvalue weighted by Crippen LogP contribution is -2.30. The van der Waals surface area contributed by atoms with Crippen LogP contribution in [0.3, 0.4) is 0 Å². The molecule has 7 heteroatoms. The van der Waals surface area contributed by atoms with Crippen LogP contribution >= 0.6 is 0 Å². The van der Waals surface area contributed by atoms with E-state index in [0.29, 0.717) is 11.3 Å². The molecule has 2 aromatic rings. The molecular formula is C19H18N2O5. The second kappa shape index (κ2) is 8.06. The third-order valence-corrected chi connectivity index (χ3v) is 3.59. The van der Waals surface area contributed by atoms with Crippen LogP contribution in [0.15, 0.2) is 48.5 Å². The molecule has 0 aliphatic carbocycles. The molecule has 3 N–H and O–H groups in total. The lowest BCUT2D eigenvalue weighted by Gasteiger charge is -2.14. The number of carbonyl (C=O) groups is 4. The molecule has 134 valence electrons. The molecule has 0 fully saturated rings. The standard InChI is InChI=1S/C19H18N2O5/c1-11(22)15-4-3-5-16(10-15)21-18(24)12(2)26-19(25)14-8-6-13(7-9-14)17(20)23/h3-10,12H,1-2H3,(H2,20,23)(H,21,24). The number of amides is 2. The van der Waals surface area contributed by atoms with E-state index in [-0.39, 0.29) is 16.9 Å². The molecule has 7 nitrogen and oxygen atoms in total. The van der Waals surface area contributed by atoms with Gasteiger partial charge in [0.05, 0.1) is 5.56 Å². The van der Waals surface area contributed by atoms with Crippen LogP contribution in [-0.2, 0) is 9.53 Å². The highest BCUT2D eigenvalue weighted by atomic mass is 16.5. The van der Waals surface area contributed by atoms with Gasteiger partial charge < -0.3 is 15.8 Å². The van der Waals surface area contributed by atoms with Gasteiger partial charge in [-0.3, -0.25) is 14.4 Å². The molecule has 0 spiro atoms. The normalized spacial score (nSPS) is 11.3. The predicted molar refractivity (Wildman–Crippen MR) is 94.9 cm³/mol. The Hall–Kier alpha value is -3.48. The molecule has 0 aliphatic heterocycles. The molecule has 0 aromatic heterocycles. The average Bonchev–Trinajstić information content (AvgIpc) is 2.61. The van der Waals surface area contributed by atoms with E-state index in [1.807, 2.05) is 0 Å². The number of rotatable bonds is 6. The Morgan fingerprint density at radius 2 is 1.58 bits per heavy atom. The summed E-state index contributed by atoms with van der Waals surface area (Å²) in [4.78, 5) is 46.6. The highest BCUT2D eigenvalue weighted by Gasteiger charge is 2.19. The molecule has 0 saturated carbocycles. The van der Waals surface area contributed by atoms with Crippen LogP contribution in [0.5, 0.6) is 0 Å². The summed E-state index contributed by atoms with van der Waals surface area (Å²) < 4.78 is 5.11. The Morgan fingerprint density at radius 3 is 2.15 bits per heavy atom. The lowest BCUT2D eigenvalue weighted by atomic mass is 10.1. The van der Waals surface area contributed by atoms with Gasteiger partial charge in [0.15, 0.2) is 11.9 Å². The van der Waals surface area contributed by atoms with Crippen molar-refractivity contribution in [3.63, 3.8) is 0 Å². The van der Waals surface area contributed by atoms with Crippen molar-refractivity contribution in [1.29, 1.82) is 0 Å². The summed E-state index contributed by atoms with van der Waals surface area (Å²) in [7, 11) is 0. The molecule has 1 unspecified atom stereocenters. The number of hydrogen-bond acceptors (Lipinski definition) is 5. The van der Waals surface area contributed by atoms with Crippen LogP contribution in [0.4, 0.5) is 5.69 Å². The van der Waals surface area contributed by atoms with Crippen molar-refractivity contribution in [2.24, 2.45) is 5.73 Å².